The molecule has 0 saturated heterocycles. The number of ether oxygens (including phenoxy) is 1. The Morgan fingerprint density at radius 2 is 1.43 bits per heavy atom. The summed E-state index contributed by atoms with van der Waals surface area (Å²) in [5, 5.41) is 5.49. The number of amides is 2. The molecule has 162 valence electrons. The minimum Gasteiger partial charge on any atom is -0.406 e. The molecule has 0 aliphatic rings. The topological polar surface area (TPSA) is 71.9 Å². The molecule has 0 heterocycles. The van der Waals surface area contributed by atoms with Crippen molar-refractivity contribution < 1.29 is 32.4 Å². The average molecular weight is 424 g/mol. The molecule has 0 spiro atoms. The number of halogens is 3. The summed E-state index contributed by atoms with van der Waals surface area (Å²) in [5.74, 6) is -1.09. The maximum absolute atomic E-state index is 12.2. The fraction of sp³-hybridized carbons (Fsp3) is 0.333. The predicted octanol–water partition coefficient (Wildman–Crippen LogP) is 2.49. The van der Waals surface area contributed by atoms with Crippen LogP contribution in [0.5, 0.6) is 5.75 Å². The van der Waals surface area contributed by atoms with E-state index in [0.717, 1.165) is 31.8 Å². The van der Waals surface area contributed by atoms with Crippen LogP contribution < -0.4 is 20.3 Å². The summed E-state index contributed by atoms with van der Waals surface area (Å²) in [6.45, 7) is 7.61. The molecule has 2 aromatic rings. The molecule has 0 aliphatic heterocycles. The molecule has 2 rings (SSSR count). The van der Waals surface area contributed by atoms with E-state index in [4.69, 9.17) is 0 Å². The van der Waals surface area contributed by atoms with Gasteiger partial charge in [-0.3, -0.25) is 9.59 Å². The fourth-order valence-electron chi connectivity index (χ4n) is 2.77. The summed E-state index contributed by atoms with van der Waals surface area (Å²) in [7, 11) is 0. The van der Waals surface area contributed by atoms with Crippen LogP contribution in [0.2, 0.25) is 0 Å². The summed E-state index contributed by atoms with van der Waals surface area (Å²) in [6.07, 6.45) is -4.79. The van der Waals surface area contributed by atoms with E-state index in [0.29, 0.717) is 17.8 Å². The first kappa shape index (κ1) is 23.2. The average Bonchev–Trinajstić information content (AvgIpc) is 2.71. The lowest BCUT2D eigenvalue weighted by molar-refractivity contribution is -0.895. The zero-order chi connectivity index (χ0) is 22.1. The third-order valence-corrected chi connectivity index (χ3v) is 4.52. The number of quaternary nitrogens is 1. The van der Waals surface area contributed by atoms with Gasteiger partial charge in [0.2, 0.25) is 0 Å². The largest absolute Gasteiger partial charge is 0.573 e. The van der Waals surface area contributed by atoms with E-state index in [-0.39, 0.29) is 11.5 Å². The Kier molecular flexibility index (Phi) is 8.23. The van der Waals surface area contributed by atoms with Crippen molar-refractivity contribution in [3.05, 3.63) is 59.7 Å². The smallest absolute Gasteiger partial charge is 0.406 e. The van der Waals surface area contributed by atoms with Crippen molar-refractivity contribution >= 4 is 17.5 Å². The molecule has 30 heavy (non-hydrogen) atoms. The number of hydrogen-bond donors (Lipinski definition) is 3. The predicted molar refractivity (Wildman–Crippen MR) is 107 cm³/mol. The maximum atomic E-state index is 12.2. The van der Waals surface area contributed by atoms with Crippen LogP contribution in [-0.2, 0) is 0 Å². The Bertz CT molecular complexity index is 833. The standard InChI is InChI=1S/C21H24F3N3O3/c1-3-27(4-2)14-13-25-19(28)15-5-9-17(10-6-15)26-20(29)16-7-11-18(12-8-16)30-21(22,23)24/h5-12H,3-4,13-14H2,1-2H3,(H,25,28)(H,26,29)/p+1. The molecule has 3 N–H and O–H groups in total. The lowest BCUT2D eigenvalue weighted by Gasteiger charge is -2.15. The first-order valence-corrected chi connectivity index (χ1v) is 9.60. The van der Waals surface area contributed by atoms with Crippen molar-refractivity contribution in [2.45, 2.75) is 20.2 Å². The molecule has 0 bridgehead atoms. The summed E-state index contributed by atoms with van der Waals surface area (Å²) in [5.41, 5.74) is 1.10. The summed E-state index contributed by atoms with van der Waals surface area (Å²) >= 11 is 0. The number of alkyl halides is 3. The van der Waals surface area contributed by atoms with Crippen molar-refractivity contribution in [1.82, 2.24) is 5.32 Å². The van der Waals surface area contributed by atoms with E-state index < -0.39 is 18.0 Å². The molecule has 0 saturated carbocycles. The molecule has 2 amide bonds. The molecule has 0 radical (unpaired) electrons. The van der Waals surface area contributed by atoms with Crippen LogP contribution >= 0.6 is 0 Å². The number of benzene rings is 2. The van der Waals surface area contributed by atoms with Crippen molar-refractivity contribution in [3.63, 3.8) is 0 Å². The van der Waals surface area contributed by atoms with Crippen molar-refractivity contribution in [2.75, 3.05) is 31.5 Å². The molecule has 0 fully saturated rings. The van der Waals surface area contributed by atoms with Gasteiger partial charge >= 0.3 is 6.36 Å². The van der Waals surface area contributed by atoms with Gasteiger partial charge in [0.15, 0.2) is 0 Å². The molecular weight excluding hydrogens is 399 g/mol. The van der Waals surface area contributed by atoms with Gasteiger partial charge in [0.1, 0.15) is 5.75 Å². The molecule has 0 unspecified atom stereocenters. The second kappa shape index (κ2) is 10.6. The van der Waals surface area contributed by atoms with Crippen LogP contribution in [0.25, 0.3) is 0 Å². The summed E-state index contributed by atoms with van der Waals surface area (Å²) < 4.78 is 40.3. The second-order valence-corrected chi connectivity index (χ2v) is 6.57. The Hall–Kier alpha value is -3.07. The number of hydrogen-bond acceptors (Lipinski definition) is 3. The van der Waals surface area contributed by atoms with E-state index in [2.05, 4.69) is 29.2 Å². The monoisotopic (exact) mass is 424 g/mol. The van der Waals surface area contributed by atoms with Gasteiger partial charge in [0.25, 0.3) is 11.8 Å². The molecule has 0 aromatic heterocycles. The highest BCUT2D eigenvalue weighted by Gasteiger charge is 2.31. The van der Waals surface area contributed by atoms with Gasteiger partial charge in [-0.15, -0.1) is 13.2 Å². The van der Waals surface area contributed by atoms with Gasteiger partial charge in [-0.2, -0.15) is 0 Å². The van der Waals surface area contributed by atoms with E-state index in [1.807, 2.05) is 0 Å². The van der Waals surface area contributed by atoms with Gasteiger partial charge in [-0.05, 0) is 62.4 Å². The lowest BCUT2D eigenvalue weighted by atomic mass is 10.1. The van der Waals surface area contributed by atoms with Gasteiger partial charge in [-0.1, -0.05) is 0 Å². The molecule has 6 nitrogen and oxygen atoms in total. The zero-order valence-electron chi connectivity index (χ0n) is 16.8. The molecular formula is C21H25F3N3O3+. The molecule has 2 aromatic carbocycles. The maximum Gasteiger partial charge on any atom is 0.573 e. The van der Waals surface area contributed by atoms with Crippen LogP contribution in [-0.4, -0.2) is 44.4 Å². The van der Waals surface area contributed by atoms with Crippen LogP contribution in [0.15, 0.2) is 48.5 Å². The SMILES string of the molecule is CC[NH+](CC)CCNC(=O)c1ccc(NC(=O)c2ccc(OC(F)(F)F)cc2)cc1. The van der Waals surface area contributed by atoms with Gasteiger partial charge in [-0.25, -0.2) is 0 Å². The highest BCUT2D eigenvalue weighted by atomic mass is 19.4. The molecule has 9 heteroatoms. The Balaban J connectivity index is 1.89. The highest BCUT2D eigenvalue weighted by molar-refractivity contribution is 6.04. The van der Waals surface area contributed by atoms with E-state index in [1.54, 1.807) is 24.3 Å². The van der Waals surface area contributed by atoms with E-state index in [9.17, 15) is 22.8 Å². The number of nitrogens with one attached hydrogen (secondary N) is 3. The van der Waals surface area contributed by atoms with Gasteiger partial charge in [0, 0.05) is 16.8 Å². The number of carbonyl (C=O) groups is 2. The minimum absolute atomic E-state index is 0.172. The van der Waals surface area contributed by atoms with Crippen LogP contribution in [0, 0.1) is 0 Å². The van der Waals surface area contributed by atoms with Crippen molar-refractivity contribution in [3.8, 4) is 5.75 Å². The van der Waals surface area contributed by atoms with E-state index in [1.165, 1.54) is 17.0 Å². The van der Waals surface area contributed by atoms with Crippen molar-refractivity contribution in [1.29, 1.82) is 0 Å². The Labute approximate surface area is 173 Å². The van der Waals surface area contributed by atoms with Crippen LogP contribution in [0.3, 0.4) is 0 Å². The second-order valence-electron chi connectivity index (χ2n) is 6.57. The number of rotatable bonds is 9. The third-order valence-electron chi connectivity index (χ3n) is 4.52. The quantitative estimate of drug-likeness (QED) is 0.579. The van der Waals surface area contributed by atoms with Gasteiger partial charge < -0.3 is 20.3 Å². The highest BCUT2D eigenvalue weighted by Crippen LogP contribution is 2.23. The van der Waals surface area contributed by atoms with Gasteiger partial charge in [0.05, 0.1) is 26.2 Å². The molecule has 0 atom stereocenters. The van der Waals surface area contributed by atoms with Crippen molar-refractivity contribution in [2.24, 2.45) is 0 Å². The normalized spacial score (nSPS) is 11.3. The number of likely N-dealkylation sites (N-methyl/N-ethyl adjacent to an activating group) is 1. The fourth-order valence-corrected chi connectivity index (χ4v) is 2.77. The Morgan fingerprint density at radius 1 is 0.900 bits per heavy atom. The number of anilines is 1. The van der Waals surface area contributed by atoms with E-state index >= 15 is 0 Å². The molecule has 0 aliphatic carbocycles. The Morgan fingerprint density at radius 3 is 1.97 bits per heavy atom. The minimum atomic E-state index is -4.79. The van der Waals surface area contributed by atoms with Crippen LogP contribution in [0.1, 0.15) is 34.6 Å². The number of carbonyl (C=O) groups excluding carboxylic acids is 2. The first-order chi connectivity index (χ1) is 14.2. The summed E-state index contributed by atoms with van der Waals surface area (Å²) in [6, 6.07) is 11.0. The third kappa shape index (κ3) is 7.40. The summed E-state index contributed by atoms with van der Waals surface area (Å²) in [4.78, 5) is 25.8. The first-order valence-electron chi connectivity index (χ1n) is 9.60. The van der Waals surface area contributed by atoms with Crippen LogP contribution in [0.4, 0.5) is 18.9 Å². The zero-order valence-corrected chi connectivity index (χ0v) is 16.8. The lowest BCUT2D eigenvalue weighted by Crippen LogP contribution is -3.12.